The molecule has 0 saturated heterocycles. The van der Waals surface area contributed by atoms with Gasteiger partial charge < -0.3 is 0 Å². The second-order valence-corrected chi connectivity index (χ2v) is 18.1. The predicted molar refractivity (Wildman–Crippen MR) is 42.9 cm³/mol. The van der Waals surface area contributed by atoms with Gasteiger partial charge in [-0.1, -0.05) is 0 Å². The molecule has 4 heteroatoms. The van der Waals surface area contributed by atoms with Crippen molar-refractivity contribution in [3.8, 4) is 0 Å². The number of hydrogen-bond acceptors (Lipinski definition) is 0. The van der Waals surface area contributed by atoms with Crippen LogP contribution in [0.25, 0.3) is 0 Å². The van der Waals surface area contributed by atoms with E-state index in [9.17, 15) is 0 Å². The summed E-state index contributed by atoms with van der Waals surface area (Å²) in [7, 11) is 13.9. The predicted octanol–water partition coefficient (Wildman–Crippen LogP) is 3.22. The molecule has 0 aromatic carbocycles. The summed E-state index contributed by atoms with van der Waals surface area (Å²) in [5, 5.41) is 0.616. The first-order chi connectivity index (χ1) is 3.42. The van der Waals surface area contributed by atoms with Crippen molar-refractivity contribution >= 4 is 40.5 Å². The third-order valence-electron chi connectivity index (χ3n) is 0.502. The van der Waals surface area contributed by atoms with Crippen molar-refractivity contribution in [3.05, 3.63) is 12.2 Å². The van der Waals surface area contributed by atoms with E-state index in [-0.39, 0.29) is 0 Å². The second kappa shape index (κ2) is 3.35. The van der Waals surface area contributed by atoms with Gasteiger partial charge in [0.1, 0.15) is 0 Å². The Morgan fingerprint density at radius 2 is 1.88 bits per heavy atom. The number of halogens is 3. The van der Waals surface area contributed by atoms with Gasteiger partial charge in [0.2, 0.25) is 0 Å². The standard InChI is InChI=1S/C4H7Cl3Ge/c1-4(2)3-8(5,6)7/h1,3H2,2H3. The van der Waals surface area contributed by atoms with Crippen LogP contribution in [0.2, 0.25) is 5.25 Å². The van der Waals surface area contributed by atoms with E-state index in [1.807, 2.05) is 6.92 Å². The Hall–Kier alpha value is 1.15. The zero-order valence-electron chi connectivity index (χ0n) is 4.55. The first-order valence-corrected chi connectivity index (χ1v) is 11.9. The van der Waals surface area contributed by atoms with Gasteiger partial charge in [0, 0.05) is 0 Å². The summed E-state index contributed by atoms with van der Waals surface area (Å²) < 4.78 is 0. The van der Waals surface area contributed by atoms with E-state index in [4.69, 9.17) is 30.0 Å². The van der Waals surface area contributed by atoms with Gasteiger partial charge in [-0.15, -0.1) is 0 Å². The van der Waals surface area contributed by atoms with Crippen molar-refractivity contribution < 1.29 is 0 Å². The fourth-order valence-electron chi connectivity index (χ4n) is 0.342. The molecule has 0 spiro atoms. The van der Waals surface area contributed by atoms with Crippen molar-refractivity contribution in [2.45, 2.75) is 12.2 Å². The molecule has 0 aliphatic rings. The minimum absolute atomic E-state index is 0.616. The Balaban J connectivity index is 3.55. The molecule has 0 aliphatic heterocycles. The zero-order chi connectivity index (χ0) is 6.78. The maximum atomic E-state index is 5.59. The molecule has 8 heavy (non-hydrogen) atoms. The van der Waals surface area contributed by atoms with Gasteiger partial charge in [0.25, 0.3) is 0 Å². The molecule has 48 valence electrons. The van der Waals surface area contributed by atoms with E-state index >= 15 is 0 Å². The average molecular weight is 234 g/mol. The van der Waals surface area contributed by atoms with Crippen LogP contribution in [0.3, 0.4) is 0 Å². The number of hydrogen-bond donors (Lipinski definition) is 0. The Kier molecular flexibility index (Phi) is 3.84. The van der Waals surface area contributed by atoms with Crippen LogP contribution in [0.4, 0.5) is 0 Å². The summed E-state index contributed by atoms with van der Waals surface area (Å²) in [6.07, 6.45) is 0. The third-order valence-corrected chi connectivity index (χ3v) is 4.69. The molecule has 0 N–H and O–H groups in total. The van der Waals surface area contributed by atoms with Crippen molar-refractivity contribution in [3.63, 3.8) is 0 Å². The third kappa shape index (κ3) is 7.15. The quantitative estimate of drug-likeness (QED) is 0.508. The van der Waals surface area contributed by atoms with E-state index in [1.54, 1.807) is 0 Å². The molecular formula is C4H7Cl3Ge. The van der Waals surface area contributed by atoms with E-state index in [2.05, 4.69) is 6.58 Å². The molecule has 0 heterocycles. The molecule has 0 atom stereocenters. The zero-order valence-corrected chi connectivity index (χ0v) is 8.91. The second-order valence-electron chi connectivity index (χ2n) is 1.75. The van der Waals surface area contributed by atoms with Crippen molar-refractivity contribution in [2.24, 2.45) is 0 Å². The van der Waals surface area contributed by atoms with E-state index < -0.39 is 10.5 Å². The van der Waals surface area contributed by atoms with Gasteiger partial charge in [0.05, 0.1) is 0 Å². The summed E-state index contributed by atoms with van der Waals surface area (Å²) in [6.45, 7) is 5.50. The monoisotopic (exact) mass is 234 g/mol. The number of allylic oxidation sites excluding steroid dienone is 1. The van der Waals surface area contributed by atoms with Crippen molar-refractivity contribution in [2.75, 3.05) is 0 Å². The SMILES string of the molecule is C=C(C)[CH2][Ge]([Cl])([Cl])[Cl]. The molecule has 0 saturated carbocycles. The Morgan fingerprint density at radius 3 is 1.88 bits per heavy atom. The summed E-state index contributed by atoms with van der Waals surface area (Å²) >= 11 is 0. The Labute approximate surface area is 64.7 Å². The van der Waals surface area contributed by atoms with Crippen LogP contribution in [0, 0.1) is 0 Å². The maximum absolute atomic E-state index is 5.59. The molecular weight excluding hydrogens is 227 g/mol. The van der Waals surface area contributed by atoms with Gasteiger partial charge in [-0.2, -0.15) is 0 Å². The fraction of sp³-hybridized carbons (Fsp3) is 0.500. The van der Waals surface area contributed by atoms with Crippen LogP contribution in [-0.4, -0.2) is 10.5 Å². The first kappa shape index (κ1) is 9.15. The minimum atomic E-state index is -2.84. The molecule has 0 nitrogen and oxygen atoms in total. The van der Waals surface area contributed by atoms with Crippen LogP contribution >= 0.6 is 30.0 Å². The fourth-order valence-corrected chi connectivity index (χ4v) is 5.33. The molecule has 0 bridgehead atoms. The van der Waals surface area contributed by atoms with Crippen molar-refractivity contribution in [1.82, 2.24) is 0 Å². The van der Waals surface area contributed by atoms with E-state index in [1.165, 1.54) is 0 Å². The molecule has 0 unspecified atom stereocenters. The summed E-state index contributed by atoms with van der Waals surface area (Å²) in [4.78, 5) is 0. The number of rotatable bonds is 2. The van der Waals surface area contributed by atoms with Gasteiger partial charge in [-0.25, -0.2) is 0 Å². The van der Waals surface area contributed by atoms with Gasteiger partial charge in [-0.3, -0.25) is 0 Å². The van der Waals surface area contributed by atoms with Gasteiger partial charge in [0.15, 0.2) is 0 Å². The molecule has 0 aromatic heterocycles. The van der Waals surface area contributed by atoms with Gasteiger partial charge >= 0.3 is 64.8 Å². The molecule has 0 aliphatic carbocycles. The molecule has 0 aromatic rings. The molecule has 0 amide bonds. The Morgan fingerprint density at radius 1 is 1.50 bits per heavy atom. The normalized spacial score (nSPS) is 11.5. The van der Waals surface area contributed by atoms with Crippen LogP contribution < -0.4 is 0 Å². The van der Waals surface area contributed by atoms with Crippen LogP contribution in [-0.2, 0) is 0 Å². The molecule has 0 fully saturated rings. The average Bonchev–Trinajstić information content (AvgIpc) is 1.21. The summed E-state index contributed by atoms with van der Waals surface area (Å²) in [5.74, 6) is 0. The Bertz CT molecular complexity index is 93.9. The van der Waals surface area contributed by atoms with E-state index in [0.717, 1.165) is 5.57 Å². The summed E-state index contributed by atoms with van der Waals surface area (Å²) in [5.41, 5.74) is 0.963. The van der Waals surface area contributed by atoms with E-state index in [0.29, 0.717) is 5.25 Å². The van der Waals surface area contributed by atoms with Crippen molar-refractivity contribution in [1.29, 1.82) is 0 Å². The summed E-state index contributed by atoms with van der Waals surface area (Å²) in [6, 6.07) is 0. The molecule has 0 rings (SSSR count). The van der Waals surface area contributed by atoms with Crippen LogP contribution in [0.1, 0.15) is 6.92 Å². The topological polar surface area (TPSA) is 0 Å². The van der Waals surface area contributed by atoms with Crippen LogP contribution in [0.5, 0.6) is 0 Å². The van der Waals surface area contributed by atoms with Gasteiger partial charge in [-0.05, 0) is 0 Å². The first-order valence-electron chi connectivity index (χ1n) is 2.13. The van der Waals surface area contributed by atoms with Crippen LogP contribution in [0.15, 0.2) is 12.2 Å². The molecule has 0 radical (unpaired) electrons.